The van der Waals surface area contributed by atoms with Gasteiger partial charge in [-0.1, -0.05) is 12.1 Å². The van der Waals surface area contributed by atoms with E-state index >= 15 is 0 Å². The van der Waals surface area contributed by atoms with Gasteiger partial charge in [-0.3, -0.25) is 4.79 Å². The van der Waals surface area contributed by atoms with Gasteiger partial charge >= 0.3 is 6.18 Å². The predicted octanol–water partition coefficient (Wildman–Crippen LogP) is 3.36. The number of alkyl halides is 3. The fourth-order valence-corrected chi connectivity index (χ4v) is 3.62. The molecule has 0 unspecified atom stereocenters. The van der Waals surface area contributed by atoms with Crippen LogP contribution in [0.5, 0.6) is 0 Å². The van der Waals surface area contributed by atoms with Gasteiger partial charge in [-0.2, -0.15) is 13.2 Å². The number of anilines is 1. The van der Waals surface area contributed by atoms with Crippen LogP contribution < -0.4 is 5.73 Å². The number of nitrogens with zero attached hydrogens (tertiary/aromatic N) is 4. The van der Waals surface area contributed by atoms with E-state index in [2.05, 4.69) is 9.97 Å². The summed E-state index contributed by atoms with van der Waals surface area (Å²) < 4.78 is 39.6. The summed E-state index contributed by atoms with van der Waals surface area (Å²) in [5.74, 6) is -0.0202. The van der Waals surface area contributed by atoms with Crippen LogP contribution in [0.15, 0.2) is 30.5 Å². The number of carbonyl (C=O) groups excluding carboxylic acids is 1. The number of nitrogen functional groups attached to an aromatic ring is 1. The average molecular weight is 407 g/mol. The van der Waals surface area contributed by atoms with Crippen molar-refractivity contribution in [2.75, 3.05) is 32.9 Å². The SMILES string of the molecule is CN(C)CC(=O)N1CCCC[C@H]1c1nc(N)ncc1-c1cccc(C(F)(F)F)c1. The lowest BCUT2D eigenvalue weighted by molar-refractivity contribution is -0.137. The van der Waals surface area contributed by atoms with E-state index < -0.39 is 11.7 Å². The Morgan fingerprint density at radius 2 is 2.07 bits per heavy atom. The largest absolute Gasteiger partial charge is 0.416 e. The quantitative estimate of drug-likeness (QED) is 0.841. The van der Waals surface area contributed by atoms with Crippen molar-refractivity contribution in [3.05, 3.63) is 41.7 Å². The van der Waals surface area contributed by atoms with Gasteiger partial charge in [-0.05, 0) is 51.1 Å². The molecule has 0 radical (unpaired) electrons. The van der Waals surface area contributed by atoms with Crippen LogP contribution in [0, 0.1) is 0 Å². The van der Waals surface area contributed by atoms with E-state index in [4.69, 9.17) is 5.73 Å². The molecule has 1 aromatic carbocycles. The molecule has 1 amide bonds. The standard InChI is InChI=1S/C20H24F3N5O/c1-27(2)12-17(29)28-9-4-3-8-16(28)18-15(11-25-19(24)26-18)13-6-5-7-14(10-13)20(21,22)23/h5-7,10-11,16H,3-4,8-9,12H2,1-2H3,(H2,24,25,26)/t16-/m0/s1. The zero-order valence-electron chi connectivity index (χ0n) is 16.4. The van der Waals surface area contributed by atoms with Gasteiger partial charge in [0.1, 0.15) is 0 Å². The number of amides is 1. The Labute approximate surface area is 167 Å². The number of carbonyl (C=O) groups is 1. The first-order valence-corrected chi connectivity index (χ1v) is 9.41. The van der Waals surface area contributed by atoms with Crippen molar-refractivity contribution in [1.82, 2.24) is 19.8 Å². The predicted molar refractivity (Wildman–Crippen MR) is 104 cm³/mol. The van der Waals surface area contributed by atoms with E-state index in [-0.39, 0.29) is 24.4 Å². The second-order valence-corrected chi connectivity index (χ2v) is 7.44. The van der Waals surface area contributed by atoms with Crippen LogP contribution in [0.1, 0.15) is 36.6 Å². The second-order valence-electron chi connectivity index (χ2n) is 7.44. The Balaban J connectivity index is 2.06. The van der Waals surface area contributed by atoms with Gasteiger partial charge in [0.25, 0.3) is 0 Å². The van der Waals surface area contributed by atoms with Crippen molar-refractivity contribution in [2.24, 2.45) is 0 Å². The molecule has 1 fully saturated rings. The molecule has 3 rings (SSSR count). The summed E-state index contributed by atoms with van der Waals surface area (Å²) in [7, 11) is 3.63. The summed E-state index contributed by atoms with van der Waals surface area (Å²) in [6, 6.07) is 4.68. The summed E-state index contributed by atoms with van der Waals surface area (Å²) in [5, 5.41) is 0. The number of halogens is 3. The Bertz CT molecular complexity index is 885. The summed E-state index contributed by atoms with van der Waals surface area (Å²) in [6.45, 7) is 0.819. The van der Waals surface area contributed by atoms with Gasteiger partial charge in [0.15, 0.2) is 0 Å². The van der Waals surface area contributed by atoms with Crippen LogP contribution in [0.25, 0.3) is 11.1 Å². The first-order chi connectivity index (χ1) is 13.7. The highest BCUT2D eigenvalue weighted by Gasteiger charge is 2.33. The van der Waals surface area contributed by atoms with Crippen molar-refractivity contribution < 1.29 is 18.0 Å². The van der Waals surface area contributed by atoms with E-state index in [0.29, 0.717) is 29.8 Å². The van der Waals surface area contributed by atoms with Crippen molar-refractivity contribution in [3.63, 3.8) is 0 Å². The monoisotopic (exact) mass is 407 g/mol. The summed E-state index contributed by atoms with van der Waals surface area (Å²) in [4.78, 5) is 24.7. The molecule has 6 nitrogen and oxygen atoms in total. The molecule has 0 bridgehead atoms. The minimum Gasteiger partial charge on any atom is -0.368 e. The number of rotatable bonds is 4. The molecule has 2 aromatic rings. The molecule has 0 spiro atoms. The fraction of sp³-hybridized carbons (Fsp3) is 0.450. The number of hydrogen-bond acceptors (Lipinski definition) is 5. The normalized spacial score (nSPS) is 17.6. The molecule has 2 heterocycles. The van der Waals surface area contributed by atoms with Crippen LogP contribution >= 0.6 is 0 Å². The van der Waals surface area contributed by atoms with Crippen LogP contribution in [0.4, 0.5) is 19.1 Å². The number of likely N-dealkylation sites (N-methyl/N-ethyl adjacent to an activating group) is 1. The zero-order chi connectivity index (χ0) is 21.2. The van der Waals surface area contributed by atoms with Gasteiger partial charge < -0.3 is 15.5 Å². The molecule has 29 heavy (non-hydrogen) atoms. The minimum absolute atomic E-state index is 0.0290. The zero-order valence-corrected chi connectivity index (χ0v) is 16.4. The molecule has 1 atom stereocenters. The van der Waals surface area contributed by atoms with E-state index in [1.165, 1.54) is 12.3 Å². The highest BCUT2D eigenvalue weighted by atomic mass is 19.4. The van der Waals surface area contributed by atoms with E-state index in [1.54, 1.807) is 15.9 Å². The van der Waals surface area contributed by atoms with E-state index in [9.17, 15) is 18.0 Å². The first-order valence-electron chi connectivity index (χ1n) is 9.41. The topological polar surface area (TPSA) is 75.4 Å². The molecular weight excluding hydrogens is 383 g/mol. The van der Waals surface area contributed by atoms with Crippen LogP contribution in [-0.4, -0.2) is 52.9 Å². The van der Waals surface area contributed by atoms with Crippen LogP contribution in [0.3, 0.4) is 0 Å². The lowest BCUT2D eigenvalue weighted by Crippen LogP contribution is -2.43. The van der Waals surface area contributed by atoms with Gasteiger partial charge in [0.05, 0.1) is 23.8 Å². The van der Waals surface area contributed by atoms with Gasteiger partial charge in [-0.15, -0.1) is 0 Å². The Kier molecular flexibility index (Phi) is 6.07. The molecule has 0 saturated carbocycles. The van der Waals surface area contributed by atoms with Crippen LogP contribution in [0.2, 0.25) is 0 Å². The highest BCUT2D eigenvalue weighted by molar-refractivity contribution is 5.79. The molecule has 156 valence electrons. The third kappa shape index (κ3) is 4.84. The maximum atomic E-state index is 13.2. The maximum absolute atomic E-state index is 13.2. The lowest BCUT2D eigenvalue weighted by atomic mass is 9.93. The van der Waals surface area contributed by atoms with Crippen molar-refractivity contribution in [1.29, 1.82) is 0 Å². The molecule has 1 saturated heterocycles. The minimum atomic E-state index is -4.45. The van der Waals surface area contributed by atoms with Crippen LogP contribution in [-0.2, 0) is 11.0 Å². The molecule has 9 heteroatoms. The highest BCUT2D eigenvalue weighted by Crippen LogP contribution is 2.38. The Morgan fingerprint density at radius 1 is 1.31 bits per heavy atom. The van der Waals surface area contributed by atoms with Gasteiger partial charge in [0.2, 0.25) is 11.9 Å². The Hall–Kier alpha value is -2.68. The average Bonchev–Trinajstić information content (AvgIpc) is 2.67. The third-order valence-corrected chi connectivity index (χ3v) is 4.93. The first kappa shape index (κ1) is 21.0. The summed E-state index contributed by atoms with van der Waals surface area (Å²) in [5.41, 5.74) is 6.35. The third-order valence-electron chi connectivity index (χ3n) is 4.93. The van der Waals surface area contributed by atoms with Crippen molar-refractivity contribution in [2.45, 2.75) is 31.5 Å². The molecule has 1 aromatic heterocycles. The smallest absolute Gasteiger partial charge is 0.368 e. The summed E-state index contributed by atoms with van der Waals surface area (Å²) in [6.07, 6.45) is -0.585. The van der Waals surface area contributed by atoms with Crippen molar-refractivity contribution >= 4 is 11.9 Å². The van der Waals surface area contributed by atoms with E-state index in [0.717, 1.165) is 25.0 Å². The number of benzene rings is 1. The molecule has 1 aliphatic heterocycles. The molecular formula is C20H24F3N5O. The lowest BCUT2D eigenvalue weighted by Gasteiger charge is -2.37. The Morgan fingerprint density at radius 3 is 2.76 bits per heavy atom. The van der Waals surface area contributed by atoms with Gasteiger partial charge in [-0.25, -0.2) is 9.97 Å². The summed E-state index contributed by atoms with van der Waals surface area (Å²) >= 11 is 0. The number of aromatic nitrogens is 2. The number of nitrogens with two attached hydrogens (primary N) is 1. The molecule has 1 aliphatic rings. The molecule has 0 aliphatic carbocycles. The molecule has 2 N–H and O–H groups in total. The number of likely N-dealkylation sites (tertiary alicyclic amines) is 1. The number of piperidine rings is 1. The van der Waals surface area contributed by atoms with Crippen molar-refractivity contribution in [3.8, 4) is 11.1 Å². The van der Waals surface area contributed by atoms with E-state index in [1.807, 2.05) is 14.1 Å². The number of hydrogen-bond donors (Lipinski definition) is 1. The van der Waals surface area contributed by atoms with Gasteiger partial charge in [0, 0.05) is 18.3 Å². The maximum Gasteiger partial charge on any atom is 0.416 e. The fourth-order valence-electron chi connectivity index (χ4n) is 3.62. The second kappa shape index (κ2) is 8.36.